The fourth-order valence-electron chi connectivity index (χ4n) is 3.09. The maximum atomic E-state index is 12.6. The molecular weight excluding hydrogens is 347 g/mol. The molecule has 26 heavy (non-hydrogen) atoms. The fourth-order valence-corrected chi connectivity index (χ4v) is 4.81. The Balaban J connectivity index is 1.71. The third kappa shape index (κ3) is 4.60. The van der Waals surface area contributed by atoms with Crippen LogP contribution in [0.2, 0.25) is 0 Å². The first kappa shape index (κ1) is 18.4. The van der Waals surface area contributed by atoms with Crippen molar-refractivity contribution in [3.8, 4) is 0 Å². The van der Waals surface area contributed by atoms with Crippen LogP contribution < -0.4 is 0 Å². The molecule has 0 bridgehead atoms. The van der Waals surface area contributed by atoms with Crippen LogP contribution in [0.25, 0.3) is 10.8 Å². The van der Waals surface area contributed by atoms with Crippen LogP contribution >= 0.6 is 7.37 Å². The second kappa shape index (κ2) is 7.86. The van der Waals surface area contributed by atoms with Gasteiger partial charge in [-0.1, -0.05) is 72.8 Å². The van der Waals surface area contributed by atoms with Crippen molar-refractivity contribution in [2.45, 2.75) is 12.3 Å². The summed E-state index contributed by atoms with van der Waals surface area (Å²) in [6, 6.07) is 22.6. The normalized spacial score (nSPS) is 14.7. The number of benzene rings is 3. The van der Waals surface area contributed by atoms with Crippen molar-refractivity contribution >= 4 is 24.1 Å². The van der Waals surface area contributed by atoms with E-state index in [9.17, 15) is 19.4 Å². The van der Waals surface area contributed by atoms with Gasteiger partial charge >= 0.3 is 5.97 Å². The summed E-state index contributed by atoms with van der Waals surface area (Å²) < 4.78 is 12.6. The Hall–Kier alpha value is -2.42. The van der Waals surface area contributed by atoms with Gasteiger partial charge in [0.1, 0.15) is 0 Å². The predicted octanol–water partition coefficient (Wildman–Crippen LogP) is 4.52. The molecule has 3 aromatic carbocycles. The lowest BCUT2D eigenvalue weighted by molar-refractivity contribution is -0.138. The number of aryl methyl sites for hydroxylation is 1. The lowest BCUT2D eigenvalue weighted by atomic mass is 10.0. The van der Waals surface area contributed by atoms with Gasteiger partial charge in [-0.2, -0.15) is 0 Å². The van der Waals surface area contributed by atoms with Crippen LogP contribution in [0, 0.1) is 0 Å². The molecule has 0 aliphatic carbocycles. The van der Waals surface area contributed by atoms with Crippen molar-refractivity contribution in [3.63, 3.8) is 0 Å². The molecule has 134 valence electrons. The van der Waals surface area contributed by atoms with E-state index in [0.29, 0.717) is 12.0 Å². The summed E-state index contributed by atoms with van der Waals surface area (Å²) in [6.07, 6.45) is 0.265. The van der Waals surface area contributed by atoms with E-state index in [-0.39, 0.29) is 12.3 Å². The second-order valence-corrected chi connectivity index (χ2v) is 8.99. The molecule has 2 atom stereocenters. The molecule has 0 aliphatic heterocycles. The number of carboxylic acid groups (broad SMARTS) is 1. The highest BCUT2D eigenvalue weighted by Gasteiger charge is 2.29. The Morgan fingerprint density at radius 3 is 2.27 bits per heavy atom. The first-order valence-corrected chi connectivity index (χ1v) is 10.5. The Morgan fingerprint density at radius 2 is 1.58 bits per heavy atom. The molecule has 0 fully saturated rings. The summed E-state index contributed by atoms with van der Waals surface area (Å²) in [5, 5.41) is 11.7. The number of fused-ring (bicyclic) bond motifs is 1. The molecule has 2 N–H and O–H groups in total. The van der Waals surface area contributed by atoms with E-state index in [1.54, 1.807) is 30.3 Å². The standard InChI is InChI=1S/C21H21O4P/c22-21(23)20(18-7-2-1-3-8-18)15-26(24,25)13-12-16-10-11-17-6-4-5-9-19(17)14-16/h1-11,14,20H,12-13,15H2,(H,22,23)(H,24,25). The minimum absolute atomic E-state index is 0.0714. The summed E-state index contributed by atoms with van der Waals surface area (Å²) in [5.41, 5.74) is 1.53. The van der Waals surface area contributed by atoms with E-state index in [1.165, 1.54) is 0 Å². The lowest BCUT2D eigenvalue weighted by Crippen LogP contribution is -2.17. The average Bonchev–Trinajstić information content (AvgIpc) is 2.65. The Morgan fingerprint density at radius 1 is 0.923 bits per heavy atom. The van der Waals surface area contributed by atoms with Crippen molar-refractivity contribution in [1.82, 2.24) is 0 Å². The largest absolute Gasteiger partial charge is 0.481 e. The minimum atomic E-state index is -3.57. The van der Waals surface area contributed by atoms with Gasteiger partial charge in [0.15, 0.2) is 0 Å². The predicted molar refractivity (Wildman–Crippen MR) is 104 cm³/mol. The highest BCUT2D eigenvalue weighted by atomic mass is 31.2. The minimum Gasteiger partial charge on any atom is -0.481 e. The van der Waals surface area contributed by atoms with Gasteiger partial charge in [-0.25, -0.2) is 0 Å². The van der Waals surface area contributed by atoms with E-state index < -0.39 is 19.3 Å². The van der Waals surface area contributed by atoms with Crippen LogP contribution in [0.5, 0.6) is 0 Å². The average molecular weight is 368 g/mol. The smallest absolute Gasteiger partial charge is 0.311 e. The summed E-state index contributed by atoms with van der Waals surface area (Å²) >= 11 is 0. The first-order valence-electron chi connectivity index (χ1n) is 8.51. The SMILES string of the molecule is O=C(O)C(CP(=O)(O)CCc1ccc2ccccc2c1)c1ccccc1. The van der Waals surface area contributed by atoms with Gasteiger partial charge in [-0.15, -0.1) is 0 Å². The van der Waals surface area contributed by atoms with E-state index in [1.807, 2.05) is 42.5 Å². The van der Waals surface area contributed by atoms with Crippen LogP contribution in [0.3, 0.4) is 0 Å². The zero-order valence-corrected chi connectivity index (χ0v) is 15.2. The van der Waals surface area contributed by atoms with E-state index in [2.05, 4.69) is 0 Å². The zero-order chi connectivity index (χ0) is 18.6. The maximum Gasteiger partial charge on any atom is 0.311 e. The van der Waals surface area contributed by atoms with E-state index >= 15 is 0 Å². The monoisotopic (exact) mass is 368 g/mol. The Bertz CT molecular complexity index is 952. The third-order valence-corrected chi connectivity index (χ3v) is 6.39. The zero-order valence-electron chi connectivity index (χ0n) is 14.3. The van der Waals surface area contributed by atoms with Gasteiger partial charge in [0.05, 0.1) is 5.92 Å². The van der Waals surface area contributed by atoms with Crippen LogP contribution in [0.15, 0.2) is 72.8 Å². The maximum absolute atomic E-state index is 12.6. The number of carbonyl (C=O) groups is 1. The van der Waals surface area contributed by atoms with Crippen LogP contribution in [-0.4, -0.2) is 28.3 Å². The second-order valence-electron chi connectivity index (χ2n) is 6.49. The molecule has 0 saturated heterocycles. The molecule has 0 amide bonds. The third-order valence-electron chi connectivity index (χ3n) is 4.53. The van der Waals surface area contributed by atoms with Crippen LogP contribution in [0.4, 0.5) is 0 Å². The molecule has 3 rings (SSSR count). The topological polar surface area (TPSA) is 74.6 Å². The van der Waals surface area contributed by atoms with Crippen molar-refractivity contribution in [1.29, 1.82) is 0 Å². The molecule has 2 unspecified atom stereocenters. The fraction of sp³-hybridized carbons (Fsp3) is 0.190. The Kier molecular flexibility index (Phi) is 5.55. The number of carboxylic acids is 1. The first-order chi connectivity index (χ1) is 12.4. The van der Waals surface area contributed by atoms with Gasteiger partial charge in [0.25, 0.3) is 0 Å². The van der Waals surface area contributed by atoms with Gasteiger partial charge in [0.2, 0.25) is 7.37 Å². The van der Waals surface area contributed by atoms with Gasteiger partial charge in [-0.3, -0.25) is 9.36 Å². The number of rotatable bonds is 7. The highest BCUT2D eigenvalue weighted by Crippen LogP contribution is 2.45. The summed E-state index contributed by atoms with van der Waals surface area (Å²) in [7, 11) is -3.57. The molecule has 0 saturated carbocycles. The van der Waals surface area contributed by atoms with Gasteiger partial charge in [0, 0.05) is 12.3 Å². The summed E-state index contributed by atoms with van der Waals surface area (Å²) in [4.78, 5) is 21.9. The van der Waals surface area contributed by atoms with Gasteiger partial charge < -0.3 is 10.00 Å². The molecule has 0 aliphatic rings. The van der Waals surface area contributed by atoms with Crippen LogP contribution in [0.1, 0.15) is 17.0 Å². The van der Waals surface area contributed by atoms with Crippen molar-refractivity contribution in [3.05, 3.63) is 83.9 Å². The molecular formula is C21H21O4P. The van der Waals surface area contributed by atoms with Gasteiger partial charge in [-0.05, 0) is 28.3 Å². The molecule has 0 aromatic heterocycles. The summed E-state index contributed by atoms with van der Waals surface area (Å²) in [5.74, 6) is -2.04. The van der Waals surface area contributed by atoms with E-state index in [0.717, 1.165) is 16.3 Å². The molecule has 5 heteroatoms. The van der Waals surface area contributed by atoms with Crippen molar-refractivity contribution in [2.75, 3.05) is 12.3 Å². The molecule has 0 radical (unpaired) electrons. The summed E-state index contributed by atoms with van der Waals surface area (Å²) in [6.45, 7) is 0. The Labute approximate surface area is 152 Å². The number of aliphatic carboxylic acids is 1. The molecule has 0 heterocycles. The number of hydrogen-bond donors (Lipinski definition) is 2. The highest BCUT2D eigenvalue weighted by molar-refractivity contribution is 7.58. The number of hydrogen-bond acceptors (Lipinski definition) is 2. The van der Waals surface area contributed by atoms with E-state index in [4.69, 9.17) is 0 Å². The van der Waals surface area contributed by atoms with Crippen molar-refractivity contribution in [2.24, 2.45) is 0 Å². The molecule has 4 nitrogen and oxygen atoms in total. The molecule has 3 aromatic rings. The lowest BCUT2D eigenvalue weighted by Gasteiger charge is -2.18. The van der Waals surface area contributed by atoms with Crippen LogP contribution in [-0.2, 0) is 15.8 Å². The molecule has 0 spiro atoms. The quantitative estimate of drug-likeness (QED) is 0.601. The van der Waals surface area contributed by atoms with Crippen molar-refractivity contribution < 1.29 is 19.4 Å².